The van der Waals surface area contributed by atoms with Crippen LogP contribution in [0.1, 0.15) is 40.7 Å². The molecule has 152 valence electrons. The van der Waals surface area contributed by atoms with Gasteiger partial charge in [-0.1, -0.05) is 29.8 Å². The summed E-state index contributed by atoms with van der Waals surface area (Å²) >= 11 is 1.51. The standard InChI is InChI=1S/C22H25N3O3S/c1-14-5-9-17(10-6-14)19(12-21(27)28-4)24-20(26)11-18-13-29-22(23-18)25-15(2)7-8-16(25)3/h5-10,13,19H,11-12H2,1-4H3,(H,24,26). The quantitative estimate of drug-likeness (QED) is 0.600. The number of hydrogen-bond donors (Lipinski definition) is 1. The predicted octanol–water partition coefficient (Wildman–Crippen LogP) is 3.82. The third-order valence-electron chi connectivity index (χ3n) is 4.76. The third kappa shape index (κ3) is 5.12. The molecular formula is C22H25N3O3S. The minimum atomic E-state index is -0.442. The first-order valence-electron chi connectivity index (χ1n) is 9.40. The van der Waals surface area contributed by atoms with Crippen LogP contribution in [0.3, 0.4) is 0 Å². The molecule has 0 radical (unpaired) electrons. The Morgan fingerprint density at radius 1 is 1.10 bits per heavy atom. The molecule has 3 rings (SSSR count). The second kappa shape index (κ2) is 9.05. The molecule has 0 spiro atoms. The lowest BCUT2D eigenvalue weighted by Gasteiger charge is -2.18. The maximum atomic E-state index is 12.7. The van der Waals surface area contributed by atoms with Crippen molar-refractivity contribution in [2.24, 2.45) is 0 Å². The van der Waals surface area contributed by atoms with Crippen LogP contribution in [0, 0.1) is 20.8 Å². The highest BCUT2D eigenvalue weighted by atomic mass is 32.1. The van der Waals surface area contributed by atoms with E-state index in [1.807, 2.05) is 62.5 Å². The van der Waals surface area contributed by atoms with Crippen LogP contribution in [0.5, 0.6) is 0 Å². The molecular weight excluding hydrogens is 386 g/mol. The molecule has 7 heteroatoms. The number of benzene rings is 1. The number of amides is 1. The number of carbonyl (C=O) groups excluding carboxylic acids is 2. The van der Waals surface area contributed by atoms with Gasteiger partial charge in [0.1, 0.15) is 0 Å². The van der Waals surface area contributed by atoms with Gasteiger partial charge < -0.3 is 10.1 Å². The van der Waals surface area contributed by atoms with Crippen LogP contribution < -0.4 is 5.32 Å². The van der Waals surface area contributed by atoms with Gasteiger partial charge >= 0.3 is 5.97 Å². The monoisotopic (exact) mass is 411 g/mol. The van der Waals surface area contributed by atoms with Crippen molar-refractivity contribution in [3.8, 4) is 5.13 Å². The van der Waals surface area contributed by atoms with Gasteiger partial charge in [0.2, 0.25) is 5.91 Å². The molecule has 1 atom stereocenters. The zero-order chi connectivity index (χ0) is 21.0. The zero-order valence-electron chi connectivity index (χ0n) is 17.1. The smallest absolute Gasteiger partial charge is 0.307 e. The molecule has 0 aliphatic carbocycles. The third-order valence-corrected chi connectivity index (χ3v) is 5.63. The topological polar surface area (TPSA) is 73.2 Å². The zero-order valence-corrected chi connectivity index (χ0v) is 17.9. The molecule has 0 fully saturated rings. The fourth-order valence-corrected chi connectivity index (χ4v) is 4.10. The molecule has 29 heavy (non-hydrogen) atoms. The van der Waals surface area contributed by atoms with Gasteiger partial charge in [0.25, 0.3) is 0 Å². The van der Waals surface area contributed by atoms with Crippen LogP contribution in [-0.2, 0) is 20.7 Å². The van der Waals surface area contributed by atoms with E-state index in [4.69, 9.17) is 4.74 Å². The largest absolute Gasteiger partial charge is 0.469 e. The Morgan fingerprint density at radius 2 is 1.76 bits per heavy atom. The van der Waals surface area contributed by atoms with Gasteiger partial charge in [-0.05, 0) is 38.5 Å². The van der Waals surface area contributed by atoms with Crippen LogP contribution in [0.4, 0.5) is 0 Å². The summed E-state index contributed by atoms with van der Waals surface area (Å²) in [6.07, 6.45) is 0.231. The Balaban J connectivity index is 1.71. The number of methoxy groups -OCH3 is 1. The van der Waals surface area contributed by atoms with Gasteiger partial charge in [0.05, 0.1) is 31.7 Å². The van der Waals surface area contributed by atoms with Crippen molar-refractivity contribution in [3.63, 3.8) is 0 Å². The van der Waals surface area contributed by atoms with E-state index >= 15 is 0 Å². The van der Waals surface area contributed by atoms with E-state index in [9.17, 15) is 9.59 Å². The summed E-state index contributed by atoms with van der Waals surface area (Å²) in [5, 5.41) is 5.69. The first-order chi connectivity index (χ1) is 13.9. The highest BCUT2D eigenvalue weighted by Gasteiger charge is 2.20. The minimum Gasteiger partial charge on any atom is -0.469 e. The van der Waals surface area contributed by atoms with E-state index in [-0.39, 0.29) is 24.7 Å². The number of aromatic nitrogens is 2. The molecule has 0 bridgehead atoms. The number of rotatable bonds is 7. The number of ether oxygens (including phenoxy) is 1. The maximum Gasteiger partial charge on any atom is 0.307 e. The van der Waals surface area contributed by atoms with Crippen LogP contribution >= 0.6 is 11.3 Å². The summed E-state index contributed by atoms with van der Waals surface area (Å²) in [5.74, 6) is -0.553. The molecule has 0 aliphatic heterocycles. The van der Waals surface area contributed by atoms with E-state index in [0.29, 0.717) is 5.69 Å². The molecule has 0 saturated heterocycles. The van der Waals surface area contributed by atoms with E-state index in [2.05, 4.69) is 14.9 Å². The Bertz CT molecular complexity index is 985. The van der Waals surface area contributed by atoms with E-state index < -0.39 is 6.04 Å². The lowest BCUT2D eigenvalue weighted by molar-refractivity contribution is -0.141. The second-order valence-corrected chi connectivity index (χ2v) is 7.90. The molecule has 2 heterocycles. The number of nitrogens with one attached hydrogen (secondary N) is 1. The molecule has 2 aromatic heterocycles. The fourth-order valence-electron chi connectivity index (χ4n) is 3.16. The van der Waals surface area contributed by atoms with E-state index in [0.717, 1.165) is 27.6 Å². The summed E-state index contributed by atoms with van der Waals surface area (Å²) in [6, 6.07) is 11.4. The van der Waals surface area contributed by atoms with Crippen molar-refractivity contribution >= 4 is 23.2 Å². The summed E-state index contributed by atoms with van der Waals surface area (Å²) in [6.45, 7) is 6.05. The summed E-state index contributed by atoms with van der Waals surface area (Å²) < 4.78 is 6.86. The van der Waals surface area contributed by atoms with Crippen molar-refractivity contribution in [1.29, 1.82) is 0 Å². The highest BCUT2D eigenvalue weighted by Crippen LogP contribution is 2.22. The Labute approximate surface area is 174 Å². The van der Waals surface area contributed by atoms with Gasteiger partial charge in [-0.25, -0.2) is 4.98 Å². The van der Waals surface area contributed by atoms with Crippen LogP contribution in [0.25, 0.3) is 5.13 Å². The molecule has 1 amide bonds. The lowest BCUT2D eigenvalue weighted by atomic mass is 10.0. The van der Waals surface area contributed by atoms with Gasteiger partial charge in [-0.3, -0.25) is 14.2 Å². The summed E-state index contributed by atoms with van der Waals surface area (Å²) in [5.41, 5.74) is 4.89. The van der Waals surface area contributed by atoms with E-state index in [1.165, 1.54) is 18.4 Å². The number of aryl methyl sites for hydroxylation is 3. The first kappa shape index (κ1) is 20.8. The normalized spacial score (nSPS) is 11.9. The first-order valence-corrected chi connectivity index (χ1v) is 10.3. The molecule has 1 N–H and O–H groups in total. The molecule has 6 nitrogen and oxygen atoms in total. The summed E-state index contributed by atoms with van der Waals surface area (Å²) in [4.78, 5) is 29.1. The second-order valence-electron chi connectivity index (χ2n) is 7.06. The predicted molar refractivity (Wildman–Crippen MR) is 113 cm³/mol. The minimum absolute atomic E-state index is 0.0787. The van der Waals surface area contributed by atoms with Gasteiger partial charge in [0.15, 0.2) is 5.13 Å². The van der Waals surface area contributed by atoms with Gasteiger partial charge in [0, 0.05) is 16.8 Å². The van der Waals surface area contributed by atoms with E-state index in [1.54, 1.807) is 0 Å². The van der Waals surface area contributed by atoms with Crippen molar-refractivity contribution in [3.05, 3.63) is 70.0 Å². The number of esters is 1. The maximum absolute atomic E-state index is 12.7. The number of thiazole rings is 1. The molecule has 1 unspecified atom stereocenters. The van der Waals surface area contributed by atoms with Crippen molar-refractivity contribution in [1.82, 2.24) is 14.9 Å². The van der Waals surface area contributed by atoms with Crippen molar-refractivity contribution in [2.45, 2.75) is 39.7 Å². The average Bonchev–Trinajstić information content (AvgIpc) is 3.27. The van der Waals surface area contributed by atoms with Gasteiger partial charge in [-0.2, -0.15) is 0 Å². The average molecular weight is 412 g/mol. The number of hydrogen-bond acceptors (Lipinski definition) is 5. The van der Waals surface area contributed by atoms with Crippen LogP contribution in [-0.4, -0.2) is 28.5 Å². The molecule has 3 aromatic rings. The molecule has 0 saturated carbocycles. The van der Waals surface area contributed by atoms with Crippen molar-refractivity contribution < 1.29 is 14.3 Å². The lowest BCUT2D eigenvalue weighted by Crippen LogP contribution is -2.31. The Kier molecular flexibility index (Phi) is 6.49. The number of carbonyl (C=O) groups is 2. The Morgan fingerprint density at radius 3 is 2.38 bits per heavy atom. The van der Waals surface area contributed by atoms with Crippen LogP contribution in [0.2, 0.25) is 0 Å². The molecule has 0 aliphatic rings. The van der Waals surface area contributed by atoms with Crippen molar-refractivity contribution in [2.75, 3.05) is 7.11 Å². The van der Waals surface area contributed by atoms with Gasteiger partial charge in [-0.15, -0.1) is 11.3 Å². The fraction of sp³-hybridized carbons (Fsp3) is 0.318. The number of nitrogens with zero attached hydrogens (tertiary/aromatic N) is 2. The van der Waals surface area contributed by atoms with Crippen LogP contribution in [0.15, 0.2) is 41.8 Å². The highest BCUT2D eigenvalue weighted by molar-refractivity contribution is 7.12. The Hall–Kier alpha value is -2.93. The molecule has 1 aromatic carbocycles. The SMILES string of the molecule is COC(=O)CC(NC(=O)Cc1csc(-n2c(C)ccc2C)n1)c1ccc(C)cc1. The summed E-state index contributed by atoms with van der Waals surface area (Å²) in [7, 11) is 1.35.